The Morgan fingerprint density at radius 3 is 2.89 bits per heavy atom. The molecule has 0 radical (unpaired) electrons. The zero-order valence-electron chi connectivity index (χ0n) is 11.8. The van der Waals surface area contributed by atoms with Gasteiger partial charge >= 0.3 is 0 Å². The number of anilines is 1. The van der Waals surface area contributed by atoms with Crippen molar-refractivity contribution in [2.75, 3.05) is 19.0 Å². The summed E-state index contributed by atoms with van der Waals surface area (Å²) < 4.78 is 6.91. The number of hydrogen-bond acceptors (Lipinski definition) is 5. The summed E-state index contributed by atoms with van der Waals surface area (Å²) >= 11 is 1.74. The monoisotopic (exact) mass is 280 g/mol. The lowest BCUT2D eigenvalue weighted by Crippen LogP contribution is -2.08. The second-order valence-corrected chi connectivity index (χ2v) is 5.93. The highest BCUT2D eigenvalue weighted by Gasteiger charge is 2.13. The number of aryl methyl sites for hydroxylation is 2. The number of nitrogens with one attached hydrogen (secondary N) is 1. The molecule has 0 spiro atoms. The molecule has 0 bridgehead atoms. The first-order chi connectivity index (χ1) is 9.10. The van der Waals surface area contributed by atoms with Gasteiger partial charge in [-0.25, -0.2) is 4.98 Å². The van der Waals surface area contributed by atoms with Gasteiger partial charge in [-0.1, -0.05) is 0 Å². The van der Waals surface area contributed by atoms with Crippen LogP contribution in [0.5, 0.6) is 0 Å². The van der Waals surface area contributed by atoms with Crippen LogP contribution in [0.15, 0.2) is 12.4 Å². The lowest BCUT2D eigenvalue weighted by atomic mass is 10.2. The molecule has 2 rings (SSSR count). The molecular formula is C13H20N4OS. The molecule has 2 aromatic heterocycles. The van der Waals surface area contributed by atoms with Gasteiger partial charge < -0.3 is 10.1 Å². The summed E-state index contributed by atoms with van der Waals surface area (Å²) in [5, 5.41) is 8.82. The van der Waals surface area contributed by atoms with E-state index in [1.165, 1.54) is 4.88 Å². The van der Waals surface area contributed by atoms with Gasteiger partial charge in [-0.3, -0.25) is 4.68 Å². The van der Waals surface area contributed by atoms with E-state index in [2.05, 4.69) is 29.2 Å². The number of nitrogens with zero attached hydrogens (tertiary/aromatic N) is 3. The van der Waals surface area contributed by atoms with Crippen LogP contribution in [0.3, 0.4) is 0 Å². The second-order valence-electron chi connectivity index (χ2n) is 4.53. The van der Waals surface area contributed by atoms with Crippen molar-refractivity contribution in [1.29, 1.82) is 0 Å². The Balaban J connectivity index is 2.00. The Hall–Kier alpha value is -1.40. The molecule has 0 aliphatic carbocycles. The van der Waals surface area contributed by atoms with Crippen LogP contribution in [0, 0.1) is 13.8 Å². The topological polar surface area (TPSA) is 52.0 Å². The number of ether oxygens (including phenoxy) is 1. The molecule has 0 amide bonds. The van der Waals surface area contributed by atoms with Crippen molar-refractivity contribution in [3.63, 3.8) is 0 Å². The van der Waals surface area contributed by atoms with Crippen LogP contribution in [0.1, 0.15) is 28.5 Å². The molecule has 5 nitrogen and oxygen atoms in total. The van der Waals surface area contributed by atoms with Gasteiger partial charge in [-0.05, 0) is 20.8 Å². The van der Waals surface area contributed by atoms with E-state index in [4.69, 9.17) is 4.74 Å². The van der Waals surface area contributed by atoms with E-state index < -0.39 is 0 Å². The number of thiazole rings is 1. The normalized spacial score (nSPS) is 12.6. The molecule has 104 valence electrons. The second kappa shape index (κ2) is 6.16. The van der Waals surface area contributed by atoms with Gasteiger partial charge in [0.25, 0.3) is 0 Å². The zero-order chi connectivity index (χ0) is 13.8. The number of aromatic nitrogens is 3. The lowest BCUT2D eigenvalue weighted by molar-refractivity contribution is 0.183. The third kappa shape index (κ3) is 3.54. The average Bonchev–Trinajstić information content (AvgIpc) is 2.93. The molecule has 0 aromatic carbocycles. The average molecular weight is 280 g/mol. The Bertz CT molecular complexity index is 534. The van der Waals surface area contributed by atoms with Crippen LogP contribution < -0.4 is 5.32 Å². The van der Waals surface area contributed by atoms with Crippen LogP contribution in [-0.4, -0.2) is 28.5 Å². The maximum atomic E-state index is 5.03. The maximum absolute atomic E-state index is 5.03. The van der Waals surface area contributed by atoms with Crippen molar-refractivity contribution in [2.45, 2.75) is 33.4 Å². The fourth-order valence-electron chi connectivity index (χ4n) is 2.01. The standard InChI is InChI=1S/C13H20N4OS/c1-9(13-10(2)19-11(3)16-13)15-12-7-14-17(8-12)5-6-18-4/h7-9,15H,5-6H2,1-4H3. The largest absolute Gasteiger partial charge is 0.383 e. The summed E-state index contributed by atoms with van der Waals surface area (Å²) in [6, 6.07) is 0.185. The van der Waals surface area contributed by atoms with E-state index in [1.807, 2.05) is 24.0 Å². The highest BCUT2D eigenvalue weighted by Crippen LogP contribution is 2.25. The highest BCUT2D eigenvalue weighted by molar-refractivity contribution is 7.11. The van der Waals surface area contributed by atoms with E-state index >= 15 is 0 Å². The Morgan fingerprint density at radius 1 is 1.47 bits per heavy atom. The molecule has 0 saturated heterocycles. The third-order valence-electron chi connectivity index (χ3n) is 2.89. The highest BCUT2D eigenvalue weighted by atomic mass is 32.1. The van der Waals surface area contributed by atoms with Crippen molar-refractivity contribution in [2.24, 2.45) is 0 Å². The Labute approximate surface area is 117 Å². The van der Waals surface area contributed by atoms with Crippen LogP contribution in [0.2, 0.25) is 0 Å². The zero-order valence-corrected chi connectivity index (χ0v) is 12.6. The Kier molecular flexibility index (Phi) is 4.55. The van der Waals surface area contributed by atoms with Crippen LogP contribution in [0.4, 0.5) is 5.69 Å². The fourth-order valence-corrected chi connectivity index (χ4v) is 2.92. The molecule has 0 fully saturated rings. The van der Waals surface area contributed by atoms with E-state index in [0.29, 0.717) is 6.61 Å². The molecule has 6 heteroatoms. The summed E-state index contributed by atoms with van der Waals surface area (Å²) in [6.07, 6.45) is 3.82. The van der Waals surface area contributed by atoms with Gasteiger partial charge in [0.2, 0.25) is 0 Å². The van der Waals surface area contributed by atoms with Crippen molar-refractivity contribution in [3.05, 3.63) is 28.0 Å². The molecular weight excluding hydrogens is 260 g/mol. The summed E-state index contributed by atoms with van der Waals surface area (Å²) in [6.45, 7) is 7.70. The summed E-state index contributed by atoms with van der Waals surface area (Å²) in [5.41, 5.74) is 2.13. The van der Waals surface area contributed by atoms with Crippen LogP contribution in [-0.2, 0) is 11.3 Å². The molecule has 0 saturated carbocycles. The lowest BCUT2D eigenvalue weighted by Gasteiger charge is -2.12. The fraction of sp³-hybridized carbons (Fsp3) is 0.538. The van der Waals surface area contributed by atoms with Gasteiger partial charge in [0.1, 0.15) is 0 Å². The molecule has 2 aromatic rings. The molecule has 2 heterocycles. The van der Waals surface area contributed by atoms with Gasteiger partial charge in [-0.2, -0.15) is 5.10 Å². The van der Waals surface area contributed by atoms with E-state index in [0.717, 1.165) is 22.9 Å². The molecule has 0 aliphatic heterocycles. The minimum atomic E-state index is 0.185. The van der Waals surface area contributed by atoms with Gasteiger partial charge in [0.05, 0.1) is 41.8 Å². The van der Waals surface area contributed by atoms with Crippen molar-refractivity contribution < 1.29 is 4.74 Å². The van der Waals surface area contributed by atoms with Crippen molar-refractivity contribution in [3.8, 4) is 0 Å². The van der Waals surface area contributed by atoms with Crippen molar-refractivity contribution in [1.82, 2.24) is 14.8 Å². The number of methoxy groups -OCH3 is 1. The first-order valence-electron chi connectivity index (χ1n) is 6.32. The summed E-state index contributed by atoms with van der Waals surface area (Å²) in [7, 11) is 1.69. The molecule has 1 atom stereocenters. The van der Waals surface area contributed by atoms with E-state index in [-0.39, 0.29) is 6.04 Å². The maximum Gasteiger partial charge on any atom is 0.0901 e. The predicted octanol–water partition coefficient (Wildman–Crippen LogP) is 2.78. The van der Waals surface area contributed by atoms with Crippen LogP contribution >= 0.6 is 11.3 Å². The minimum Gasteiger partial charge on any atom is -0.383 e. The number of rotatable bonds is 6. The van der Waals surface area contributed by atoms with E-state index in [1.54, 1.807) is 18.4 Å². The van der Waals surface area contributed by atoms with Crippen LogP contribution in [0.25, 0.3) is 0 Å². The van der Waals surface area contributed by atoms with E-state index in [9.17, 15) is 0 Å². The quantitative estimate of drug-likeness (QED) is 0.884. The first-order valence-corrected chi connectivity index (χ1v) is 7.13. The molecule has 1 unspecified atom stereocenters. The SMILES string of the molecule is COCCn1cc(NC(C)c2nc(C)sc2C)cn1. The molecule has 0 aliphatic rings. The minimum absolute atomic E-state index is 0.185. The molecule has 19 heavy (non-hydrogen) atoms. The smallest absolute Gasteiger partial charge is 0.0901 e. The Morgan fingerprint density at radius 2 is 2.26 bits per heavy atom. The molecule has 1 N–H and O–H groups in total. The number of hydrogen-bond donors (Lipinski definition) is 1. The van der Waals surface area contributed by atoms with Gasteiger partial charge in [0.15, 0.2) is 0 Å². The first kappa shape index (κ1) is 14.0. The van der Waals surface area contributed by atoms with Gasteiger partial charge in [0, 0.05) is 18.2 Å². The summed E-state index contributed by atoms with van der Waals surface area (Å²) in [4.78, 5) is 5.84. The van der Waals surface area contributed by atoms with Gasteiger partial charge in [-0.15, -0.1) is 11.3 Å². The third-order valence-corrected chi connectivity index (χ3v) is 3.79. The predicted molar refractivity (Wildman–Crippen MR) is 77.7 cm³/mol. The van der Waals surface area contributed by atoms with Crippen molar-refractivity contribution >= 4 is 17.0 Å². The summed E-state index contributed by atoms with van der Waals surface area (Å²) in [5.74, 6) is 0.